The van der Waals surface area contributed by atoms with Crippen molar-refractivity contribution in [3.8, 4) is 11.8 Å². The van der Waals surface area contributed by atoms with Crippen LogP contribution in [0.5, 0.6) is 5.75 Å². The first-order chi connectivity index (χ1) is 8.74. The second-order valence-electron chi connectivity index (χ2n) is 3.63. The quantitative estimate of drug-likeness (QED) is 0.929. The summed E-state index contributed by atoms with van der Waals surface area (Å²) in [4.78, 5) is 0. The highest BCUT2D eigenvalue weighted by Gasteiger charge is 2.06. The topological polar surface area (TPSA) is 45.0 Å². The molecular formula is C14H11BrN2O. The summed E-state index contributed by atoms with van der Waals surface area (Å²) < 4.78 is 5.93. The molecule has 0 fully saturated rings. The maximum Gasteiger partial charge on any atom is 0.120 e. The van der Waals surface area contributed by atoms with Gasteiger partial charge in [-0.25, -0.2) is 0 Å². The van der Waals surface area contributed by atoms with Gasteiger partial charge in [0.15, 0.2) is 0 Å². The first-order valence-corrected chi connectivity index (χ1v) is 6.13. The second kappa shape index (κ2) is 5.56. The number of hydrogen-bond acceptors (Lipinski definition) is 3. The molecule has 0 aliphatic carbocycles. The normalized spacial score (nSPS) is 9.61. The molecule has 0 radical (unpaired) electrons. The predicted octanol–water partition coefficient (Wildman–Crippen LogP) is 4.07. The van der Waals surface area contributed by atoms with Gasteiger partial charge in [0.1, 0.15) is 11.8 Å². The van der Waals surface area contributed by atoms with E-state index in [1.165, 1.54) is 0 Å². The molecule has 3 nitrogen and oxygen atoms in total. The molecule has 0 spiro atoms. The summed E-state index contributed by atoms with van der Waals surface area (Å²) in [5, 5.41) is 12.3. The highest BCUT2D eigenvalue weighted by atomic mass is 79.9. The molecule has 2 aromatic rings. The van der Waals surface area contributed by atoms with Crippen molar-refractivity contribution in [3.63, 3.8) is 0 Å². The molecule has 4 heteroatoms. The van der Waals surface area contributed by atoms with Gasteiger partial charge in [0.2, 0.25) is 0 Å². The standard InChI is InChI=1S/C14H11BrN2O/c1-18-11-5-2-4-10(8-11)17-14-7-3-6-13(15)12(14)9-16/h2-8,17H,1H3. The van der Waals surface area contributed by atoms with Crippen LogP contribution in [0.1, 0.15) is 5.56 Å². The zero-order valence-corrected chi connectivity index (χ0v) is 11.4. The Morgan fingerprint density at radius 3 is 2.72 bits per heavy atom. The van der Waals surface area contributed by atoms with E-state index >= 15 is 0 Å². The average molecular weight is 303 g/mol. The molecule has 18 heavy (non-hydrogen) atoms. The van der Waals surface area contributed by atoms with E-state index in [1.54, 1.807) is 7.11 Å². The monoisotopic (exact) mass is 302 g/mol. The van der Waals surface area contributed by atoms with E-state index < -0.39 is 0 Å². The van der Waals surface area contributed by atoms with Crippen molar-refractivity contribution in [1.29, 1.82) is 5.26 Å². The van der Waals surface area contributed by atoms with E-state index in [4.69, 9.17) is 10.00 Å². The summed E-state index contributed by atoms with van der Waals surface area (Å²) in [6.07, 6.45) is 0. The second-order valence-corrected chi connectivity index (χ2v) is 4.49. The Balaban J connectivity index is 2.34. The van der Waals surface area contributed by atoms with Gasteiger partial charge in [0, 0.05) is 16.2 Å². The van der Waals surface area contributed by atoms with Gasteiger partial charge in [-0.1, -0.05) is 12.1 Å². The van der Waals surface area contributed by atoms with Crippen LogP contribution in [0.3, 0.4) is 0 Å². The minimum Gasteiger partial charge on any atom is -0.497 e. The number of hydrogen-bond donors (Lipinski definition) is 1. The van der Waals surface area contributed by atoms with Crippen LogP contribution in [0.4, 0.5) is 11.4 Å². The third-order valence-corrected chi connectivity index (χ3v) is 3.13. The highest BCUT2D eigenvalue weighted by Crippen LogP contribution is 2.27. The minimum absolute atomic E-state index is 0.584. The molecule has 0 aliphatic rings. The van der Waals surface area contributed by atoms with E-state index in [-0.39, 0.29) is 0 Å². The molecule has 0 saturated heterocycles. The number of halogens is 1. The molecule has 90 valence electrons. The van der Waals surface area contributed by atoms with Gasteiger partial charge >= 0.3 is 0 Å². The fourth-order valence-corrected chi connectivity index (χ4v) is 2.05. The van der Waals surface area contributed by atoms with Crippen molar-refractivity contribution in [2.45, 2.75) is 0 Å². The van der Waals surface area contributed by atoms with Gasteiger partial charge in [-0.05, 0) is 40.2 Å². The van der Waals surface area contributed by atoms with Crippen LogP contribution in [0, 0.1) is 11.3 Å². The number of nitriles is 1. The Hall–Kier alpha value is -1.99. The lowest BCUT2D eigenvalue weighted by Gasteiger charge is -2.10. The summed E-state index contributed by atoms with van der Waals surface area (Å²) in [5.41, 5.74) is 2.23. The number of anilines is 2. The molecule has 0 bridgehead atoms. The largest absolute Gasteiger partial charge is 0.497 e. The summed E-state index contributed by atoms with van der Waals surface area (Å²) in [6, 6.07) is 15.3. The fourth-order valence-electron chi connectivity index (χ4n) is 1.60. The van der Waals surface area contributed by atoms with Crippen LogP contribution in [-0.2, 0) is 0 Å². The number of nitrogens with zero attached hydrogens (tertiary/aromatic N) is 1. The van der Waals surface area contributed by atoms with Crippen LogP contribution < -0.4 is 10.1 Å². The van der Waals surface area contributed by atoms with Crippen molar-refractivity contribution in [2.24, 2.45) is 0 Å². The summed E-state index contributed by atoms with van der Waals surface area (Å²) in [6.45, 7) is 0. The Labute approximate surface area is 114 Å². The Kier molecular flexibility index (Phi) is 3.85. The first kappa shape index (κ1) is 12.5. The van der Waals surface area contributed by atoms with Crippen molar-refractivity contribution >= 4 is 27.3 Å². The Morgan fingerprint density at radius 2 is 2.00 bits per heavy atom. The fraction of sp³-hybridized carbons (Fsp3) is 0.0714. The first-order valence-electron chi connectivity index (χ1n) is 5.34. The Bertz CT molecular complexity index is 605. The maximum absolute atomic E-state index is 9.13. The molecule has 0 aliphatic heterocycles. The summed E-state index contributed by atoms with van der Waals surface area (Å²) >= 11 is 3.36. The van der Waals surface area contributed by atoms with Crippen molar-refractivity contribution < 1.29 is 4.74 Å². The molecule has 2 aromatic carbocycles. The number of rotatable bonds is 3. The van der Waals surface area contributed by atoms with E-state index in [2.05, 4.69) is 27.3 Å². The number of ether oxygens (including phenoxy) is 1. The highest BCUT2D eigenvalue weighted by molar-refractivity contribution is 9.10. The predicted molar refractivity (Wildman–Crippen MR) is 75.1 cm³/mol. The lowest BCUT2D eigenvalue weighted by Crippen LogP contribution is -1.94. The van der Waals surface area contributed by atoms with Crippen molar-refractivity contribution in [3.05, 3.63) is 52.5 Å². The van der Waals surface area contributed by atoms with Gasteiger partial charge in [-0.15, -0.1) is 0 Å². The molecule has 0 atom stereocenters. The van der Waals surface area contributed by atoms with Crippen LogP contribution in [-0.4, -0.2) is 7.11 Å². The van der Waals surface area contributed by atoms with Crippen molar-refractivity contribution in [2.75, 3.05) is 12.4 Å². The van der Waals surface area contributed by atoms with Gasteiger partial charge in [0.05, 0.1) is 18.4 Å². The molecule has 0 unspecified atom stereocenters. The van der Waals surface area contributed by atoms with Crippen LogP contribution in [0.25, 0.3) is 0 Å². The van der Waals surface area contributed by atoms with Crippen LogP contribution >= 0.6 is 15.9 Å². The molecule has 0 aromatic heterocycles. The molecular weight excluding hydrogens is 292 g/mol. The Morgan fingerprint density at radius 1 is 1.22 bits per heavy atom. The van der Waals surface area contributed by atoms with E-state index in [1.807, 2.05) is 42.5 Å². The average Bonchev–Trinajstić information content (AvgIpc) is 2.39. The molecule has 0 saturated carbocycles. The smallest absolute Gasteiger partial charge is 0.120 e. The lowest BCUT2D eigenvalue weighted by molar-refractivity contribution is 0.415. The van der Waals surface area contributed by atoms with Crippen LogP contribution in [0.15, 0.2) is 46.9 Å². The minimum atomic E-state index is 0.584. The number of benzene rings is 2. The van der Waals surface area contributed by atoms with Gasteiger partial charge < -0.3 is 10.1 Å². The van der Waals surface area contributed by atoms with Gasteiger partial charge in [0.25, 0.3) is 0 Å². The zero-order valence-electron chi connectivity index (χ0n) is 9.77. The maximum atomic E-state index is 9.13. The van der Waals surface area contributed by atoms with Gasteiger partial charge in [-0.2, -0.15) is 5.26 Å². The lowest BCUT2D eigenvalue weighted by atomic mass is 10.2. The molecule has 0 amide bonds. The molecule has 0 heterocycles. The molecule has 2 rings (SSSR count). The van der Waals surface area contributed by atoms with Crippen LogP contribution in [0.2, 0.25) is 0 Å². The summed E-state index contributed by atoms with van der Waals surface area (Å²) in [7, 11) is 1.62. The van der Waals surface area contributed by atoms with Crippen molar-refractivity contribution in [1.82, 2.24) is 0 Å². The van der Waals surface area contributed by atoms with E-state index in [0.29, 0.717) is 5.56 Å². The van der Waals surface area contributed by atoms with E-state index in [0.717, 1.165) is 21.6 Å². The molecule has 1 N–H and O–H groups in total. The third-order valence-electron chi connectivity index (χ3n) is 2.47. The summed E-state index contributed by atoms with van der Waals surface area (Å²) in [5.74, 6) is 0.772. The van der Waals surface area contributed by atoms with E-state index in [9.17, 15) is 0 Å². The third kappa shape index (κ3) is 2.63. The number of methoxy groups -OCH3 is 1. The van der Waals surface area contributed by atoms with Gasteiger partial charge in [-0.3, -0.25) is 0 Å². The zero-order chi connectivity index (χ0) is 13.0. The SMILES string of the molecule is COc1cccc(Nc2cccc(Br)c2C#N)c1. The number of nitrogens with one attached hydrogen (secondary N) is 1.